The Morgan fingerprint density at radius 1 is 1.50 bits per heavy atom. The Kier molecular flexibility index (Phi) is 6.71. The van der Waals surface area contributed by atoms with E-state index >= 15 is 0 Å². The van der Waals surface area contributed by atoms with E-state index in [0.717, 1.165) is 24.1 Å². The Balaban J connectivity index is 0.00000200. The fourth-order valence-electron chi connectivity index (χ4n) is 2.25. The smallest absolute Gasteiger partial charge is 0.250 e. The van der Waals surface area contributed by atoms with Gasteiger partial charge in [0.05, 0.1) is 0 Å². The highest BCUT2D eigenvalue weighted by molar-refractivity contribution is 9.10. The lowest BCUT2D eigenvalue weighted by Gasteiger charge is -2.34. The molecule has 1 fully saturated rings. The first-order valence-corrected chi connectivity index (χ1v) is 7.23. The van der Waals surface area contributed by atoms with Gasteiger partial charge in [0.2, 0.25) is 5.91 Å². The van der Waals surface area contributed by atoms with Gasteiger partial charge >= 0.3 is 0 Å². The Bertz CT molecular complexity index is 521. The van der Waals surface area contributed by atoms with E-state index in [4.69, 9.17) is 0 Å². The van der Waals surface area contributed by atoms with Crippen LogP contribution in [0, 0.1) is 0 Å². The second kappa shape index (κ2) is 7.81. The molecule has 112 valence electrons. The zero-order chi connectivity index (χ0) is 13.8. The Labute approximate surface area is 132 Å². The maximum absolute atomic E-state index is 12.1. The van der Waals surface area contributed by atoms with Crippen molar-refractivity contribution in [1.29, 1.82) is 0 Å². The number of amides is 1. The maximum atomic E-state index is 12.1. The number of nitrogens with one attached hydrogen (secondary N) is 1. The topological polar surface area (TPSA) is 54.3 Å². The van der Waals surface area contributed by atoms with Crippen molar-refractivity contribution in [3.05, 3.63) is 33.2 Å². The van der Waals surface area contributed by atoms with Crippen LogP contribution in [0.3, 0.4) is 0 Å². The molecule has 1 aromatic rings. The maximum Gasteiger partial charge on any atom is 0.250 e. The molecular weight excluding hydrogens is 346 g/mol. The molecule has 1 saturated heterocycles. The quantitative estimate of drug-likeness (QED) is 0.878. The third-order valence-electron chi connectivity index (χ3n) is 3.34. The lowest BCUT2D eigenvalue weighted by molar-refractivity contribution is -0.134. The monoisotopic (exact) mass is 363 g/mol. The molecule has 1 atom stereocenters. The first-order valence-electron chi connectivity index (χ1n) is 6.44. The summed E-state index contributed by atoms with van der Waals surface area (Å²) in [5, 5.41) is 3.25. The average molecular weight is 365 g/mol. The van der Waals surface area contributed by atoms with Crippen molar-refractivity contribution in [3.63, 3.8) is 0 Å². The highest BCUT2D eigenvalue weighted by atomic mass is 79.9. The zero-order valence-corrected chi connectivity index (χ0v) is 13.7. The van der Waals surface area contributed by atoms with Gasteiger partial charge in [0.15, 0.2) is 0 Å². The van der Waals surface area contributed by atoms with Crippen LogP contribution in [-0.4, -0.2) is 41.1 Å². The van der Waals surface area contributed by atoms with Gasteiger partial charge in [-0.05, 0) is 28.9 Å². The van der Waals surface area contributed by atoms with Crippen LogP contribution in [0.25, 0.3) is 0 Å². The molecule has 0 spiro atoms. The number of hydrogen-bond donors (Lipinski definition) is 1. The van der Waals surface area contributed by atoms with Crippen molar-refractivity contribution in [2.24, 2.45) is 0 Å². The molecule has 2 rings (SSSR count). The molecule has 1 N–H and O–H groups in total. The van der Waals surface area contributed by atoms with Crippen LogP contribution in [0.5, 0.6) is 0 Å². The zero-order valence-electron chi connectivity index (χ0n) is 11.3. The van der Waals surface area contributed by atoms with Gasteiger partial charge in [0.25, 0.3) is 5.56 Å². The van der Waals surface area contributed by atoms with Crippen LogP contribution in [0.15, 0.2) is 27.6 Å². The largest absolute Gasteiger partial charge is 0.337 e. The van der Waals surface area contributed by atoms with Crippen molar-refractivity contribution in [2.45, 2.75) is 25.9 Å². The first-order chi connectivity index (χ1) is 9.08. The van der Waals surface area contributed by atoms with Crippen molar-refractivity contribution in [1.82, 2.24) is 14.8 Å². The van der Waals surface area contributed by atoms with E-state index in [1.807, 2.05) is 11.8 Å². The highest BCUT2D eigenvalue weighted by Gasteiger charge is 2.22. The summed E-state index contributed by atoms with van der Waals surface area (Å²) in [6.45, 7) is 4.88. The standard InChI is InChI=1S/C13H18BrN3O2.ClH/c1-10-8-15-5-7-17(10)13(19)4-6-16-9-11(14)2-3-12(16)18;/h2-3,9-10,15H,4-8H2,1H3;1H/t10-;/m1./s1. The summed E-state index contributed by atoms with van der Waals surface area (Å²) < 4.78 is 2.41. The molecule has 1 aromatic heterocycles. The third kappa shape index (κ3) is 4.33. The van der Waals surface area contributed by atoms with E-state index in [2.05, 4.69) is 21.2 Å². The van der Waals surface area contributed by atoms with E-state index < -0.39 is 0 Å². The van der Waals surface area contributed by atoms with Crippen molar-refractivity contribution in [2.75, 3.05) is 19.6 Å². The van der Waals surface area contributed by atoms with Gasteiger partial charge < -0.3 is 14.8 Å². The van der Waals surface area contributed by atoms with E-state index in [1.165, 1.54) is 6.07 Å². The second-order valence-electron chi connectivity index (χ2n) is 4.77. The number of halogens is 2. The van der Waals surface area contributed by atoms with Crippen LogP contribution >= 0.6 is 28.3 Å². The summed E-state index contributed by atoms with van der Waals surface area (Å²) in [6, 6.07) is 3.43. The van der Waals surface area contributed by atoms with Gasteiger partial charge in [0, 0.05) is 55.4 Å². The predicted octanol–water partition coefficient (Wildman–Crippen LogP) is 1.24. The third-order valence-corrected chi connectivity index (χ3v) is 3.80. The summed E-state index contributed by atoms with van der Waals surface area (Å²) >= 11 is 3.33. The summed E-state index contributed by atoms with van der Waals surface area (Å²) in [5.41, 5.74) is -0.0793. The predicted molar refractivity (Wildman–Crippen MR) is 84.3 cm³/mol. The summed E-state index contributed by atoms with van der Waals surface area (Å²) in [6.07, 6.45) is 2.08. The summed E-state index contributed by atoms with van der Waals surface area (Å²) in [4.78, 5) is 25.7. The Hall–Kier alpha value is -0.850. The molecule has 0 aliphatic carbocycles. The molecule has 0 radical (unpaired) electrons. The molecule has 0 saturated carbocycles. The van der Waals surface area contributed by atoms with Gasteiger partial charge in [-0.15, -0.1) is 12.4 Å². The number of aromatic nitrogens is 1. The lowest BCUT2D eigenvalue weighted by atomic mass is 10.2. The molecule has 0 aromatic carbocycles. The normalized spacial score (nSPS) is 18.5. The molecule has 2 heterocycles. The van der Waals surface area contributed by atoms with Gasteiger partial charge in [-0.1, -0.05) is 0 Å². The summed E-state index contributed by atoms with van der Waals surface area (Å²) in [5.74, 6) is 0.112. The molecule has 7 heteroatoms. The molecule has 0 unspecified atom stereocenters. The number of hydrogen-bond acceptors (Lipinski definition) is 3. The van der Waals surface area contributed by atoms with Crippen molar-refractivity contribution in [3.8, 4) is 0 Å². The number of nitrogens with zero attached hydrogens (tertiary/aromatic N) is 2. The highest BCUT2D eigenvalue weighted by Crippen LogP contribution is 2.08. The van der Waals surface area contributed by atoms with Crippen LogP contribution in [0.2, 0.25) is 0 Å². The van der Waals surface area contributed by atoms with E-state index in [-0.39, 0.29) is 29.9 Å². The number of rotatable bonds is 3. The first kappa shape index (κ1) is 17.2. The van der Waals surface area contributed by atoms with Crippen LogP contribution < -0.4 is 10.9 Å². The minimum atomic E-state index is -0.0793. The number of pyridine rings is 1. The minimum absolute atomic E-state index is 0. The molecule has 1 aliphatic heterocycles. The Morgan fingerprint density at radius 2 is 2.25 bits per heavy atom. The average Bonchev–Trinajstić information content (AvgIpc) is 2.40. The SMILES string of the molecule is C[C@@H]1CNCCN1C(=O)CCn1cc(Br)ccc1=O.Cl. The van der Waals surface area contributed by atoms with Crippen molar-refractivity contribution >= 4 is 34.2 Å². The van der Waals surface area contributed by atoms with Crippen LogP contribution in [0.4, 0.5) is 0 Å². The van der Waals surface area contributed by atoms with E-state index in [9.17, 15) is 9.59 Å². The van der Waals surface area contributed by atoms with Crippen LogP contribution in [-0.2, 0) is 11.3 Å². The molecule has 5 nitrogen and oxygen atoms in total. The Morgan fingerprint density at radius 3 is 2.95 bits per heavy atom. The van der Waals surface area contributed by atoms with Gasteiger partial charge in [-0.25, -0.2) is 0 Å². The summed E-state index contributed by atoms with van der Waals surface area (Å²) in [7, 11) is 0. The molecule has 1 aliphatic rings. The van der Waals surface area contributed by atoms with Crippen molar-refractivity contribution < 1.29 is 4.79 Å². The fourth-order valence-corrected chi connectivity index (χ4v) is 2.63. The molecular formula is C13H19BrClN3O2. The minimum Gasteiger partial charge on any atom is -0.337 e. The van der Waals surface area contributed by atoms with Gasteiger partial charge in [0.1, 0.15) is 0 Å². The lowest BCUT2D eigenvalue weighted by Crippen LogP contribution is -2.52. The molecule has 0 bridgehead atoms. The number of aryl methyl sites for hydroxylation is 1. The number of piperazine rings is 1. The fraction of sp³-hybridized carbons (Fsp3) is 0.538. The van der Waals surface area contributed by atoms with E-state index in [1.54, 1.807) is 16.8 Å². The van der Waals surface area contributed by atoms with Gasteiger partial charge in [-0.2, -0.15) is 0 Å². The number of carbonyl (C=O) groups excluding carboxylic acids is 1. The number of carbonyl (C=O) groups is 1. The van der Waals surface area contributed by atoms with Gasteiger partial charge in [-0.3, -0.25) is 9.59 Å². The van der Waals surface area contributed by atoms with Crippen LogP contribution in [0.1, 0.15) is 13.3 Å². The molecule has 1 amide bonds. The van der Waals surface area contributed by atoms with E-state index in [0.29, 0.717) is 13.0 Å². The second-order valence-corrected chi connectivity index (χ2v) is 5.68. The molecule has 20 heavy (non-hydrogen) atoms.